The molecule has 0 aromatic rings. The molecule has 1 aliphatic rings. The zero-order valence-electron chi connectivity index (χ0n) is 7.04. The topological polar surface area (TPSA) is 107 Å². The minimum atomic E-state index is -2.01. The van der Waals surface area contributed by atoms with E-state index in [0.717, 1.165) is 6.92 Å². The van der Waals surface area contributed by atoms with Crippen molar-refractivity contribution in [1.82, 2.24) is 0 Å². The number of rotatable bonds is 2. The molecule has 0 unspecified atom stereocenters. The SMILES string of the molecule is C[C@]1(O)C(=O)O[C@H]([C@H](O)CO)[C@H]1O. The van der Waals surface area contributed by atoms with Crippen molar-refractivity contribution in [3.63, 3.8) is 0 Å². The lowest BCUT2D eigenvalue weighted by Crippen LogP contribution is -2.46. The molecule has 1 rings (SSSR count). The molecule has 76 valence electrons. The molecule has 0 aromatic carbocycles. The Morgan fingerprint density at radius 3 is 2.54 bits per heavy atom. The summed E-state index contributed by atoms with van der Waals surface area (Å²) in [6.45, 7) is 0.440. The normalized spacial score (nSPS) is 41.8. The van der Waals surface area contributed by atoms with Crippen molar-refractivity contribution in [3.8, 4) is 0 Å². The number of ether oxygens (including phenoxy) is 1. The second-order valence-corrected chi connectivity index (χ2v) is 3.21. The van der Waals surface area contributed by atoms with Gasteiger partial charge in [-0.05, 0) is 6.92 Å². The summed E-state index contributed by atoms with van der Waals surface area (Å²) in [4.78, 5) is 10.9. The molecule has 0 aromatic heterocycles. The second kappa shape index (κ2) is 3.22. The van der Waals surface area contributed by atoms with Gasteiger partial charge in [-0.25, -0.2) is 4.79 Å². The molecule has 0 radical (unpaired) electrons. The van der Waals surface area contributed by atoms with Crippen LogP contribution in [0.3, 0.4) is 0 Å². The molecule has 0 aliphatic carbocycles. The van der Waals surface area contributed by atoms with Gasteiger partial charge in [-0.15, -0.1) is 0 Å². The average Bonchev–Trinajstić information content (AvgIpc) is 2.28. The van der Waals surface area contributed by atoms with Crippen LogP contribution in [0.4, 0.5) is 0 Å². The molecule has 4 atom stereocenters. The third-order valence-corrected chi connectivity index (χ3v) is 2.11. The van der Waals surface area contributed by atoms with E-state index >= 15 is 0 Å². The smallest absolute Gasteiger partial charge is 0.341 e. The molecular formula is C7H12O6. The molecule has 1 saturated heterocycles. The zero-order valence-corrected chi connectivity index (χ0v) is 7.04. The van der Waals surface area contributed by atoms with Crippen molar-refractivity contribution < 1.29 is 30.0 Å². The summed E-state index contributed by atoms with van der Waals surface area (Å²) in [6, 6.07) is 0. The number of aliphatic hydroxyl groups is 4. The first kappa shape index (κ1) is 10.4. The minimum Gasteiger partial charge on any atom is -0.454 e. The van der Waals surface area contributed by atoms with Crippen molar-refractivity contribution in [2.24, 2.45) is 0 Å². The number of hydrogen-bond donors (Lipinski definition) is 4. The number of carbonyl (C=O) groups excluding carboxylic acids is 1. The molecule has 0 saturated carbocycles. The molecule has 13 heavy (non-hydrogen) atoms. The maximum absolute atomic E-state index is 10.9. The fourth-order valence-electron chi connectivity index (χ4n) is 1.14. The minimum absolute atomic E-state index is 0.648. The van der Waals surface area contributed by atoms with E-state index in [0.29, 0.717) is 0 Å². The molecule has 4 N–H and O–H groups in total. The molecule has 1 fully saturated rings. The zero-order chi connectivity index (χ0) is 10.2. The van der Waals surface area contributed by atoms with E-state index in [4.69, 9.17) is 10.2 Å². The van der Waals surface area contributed by atoms with Crippen molar-refractivity contribution >= 4 is 5.97 Å². The maximum atomic E-state index is 10.9. The largest absolute Gasteiger partial charge is 0.454 e. The van der Waals surface area contributed by atoms with E-state index in [1.165, 1.54) is 0 Å². The van der Waals surface area contributed by atoms with Gasteiger partial charge in [-0.2, -0.15) is 0 Å². The van der Waals surface area contributed by atoms with Gasteiger partial charge in [-0.3, -0.25) is 0 Å². The van der Waals surface area contributed by atoms with E-state index in [2.05, 4.69) is 4.74 Å². The summed E-state index contributed by atoms with van der Waals surface area (Å²) in [5.41, 5.74) is -2.01. The van der Waals surface area contributed by atoms with Crippen LogP contribution >= 0.6 is 0 Å². The number of hydrogen-bond acceptors (Lipinski definition) is 6. The van der Waals surface area contributed by atoms with E-state index in [-0.39, 0.29) is 0 Å². The number of cyclic esters (lactones) is 1. The summed E-state index contributed by atoms with van der Waals surface area (Å²) in [5.74, 6) is -1.00. The lowest BCUT2D eigenvalue weighted by atomic mass is 9.96. The van der Waals surface area contributed by atoms with E-state index < -0.39 is 36.5 Å². The van der Waals surface area contributed by atoms with Crippen LogP contribution in [-0.4, -0.2) is 56.9 Å². The fraction of sp³-hybridized carbons (Fsp3) is 0.857. The van der Waals surface area contributed by atoms with Gasteiger partial charge in [0.25, 0.3) is 0 Å². The molecule has 0 bridgehead atoms. The van der Waals surface area contributed by atoms with Crippen LogP contribution in [0.1, 0.15) is 6.92 Å². The van der Waals surface area contributed by atoms with Crippen molar-refractivity contribution in [1.29, 1.82) is 0 Å². The van der Waals surface area contributed by atoms with Gasteiger partial charge in [0.15, 0.2) is 11.7 Å². The standard InChI is InChI=1S/C7H12O6/c1-7(12)5(10)4(3(9)2-8)13-6(7)11/h3-5,8-10,12H,2H2,1H3/t3-,4-,5-,7-/m1/s1. The maximum Gasteiger partial charge on any atom is 0.341 e. The summed E-state index contributed by atoms with van der Waals surface area (Å²) < 4.78 is 4.49. The van der Waals surface area contributed by atoms with Crippen molar-refractivity contribution in [2.45, 2.75) is 30.8 Å². The van der Waals surface area contributed by atoms with Gasteiger partial charge in [0, 0.05) is 0 Å². The number of aliphatic hydroxyl groups excluding tert-OH is 3. The van der Waals surface area contributed by atoms with Crippen LogP contribution in [0.15, 0.2) is 0 Å². The Bertz CT molecular complexity index is 213. The highest BCUT2D eigenvalue weighted by Crippen LogP contribution is 2.27. The fourth-order valence-corrected chi connectivity index (χ4v) is 1.14. The van der Waals surface area contributed by atoms with Gasteiger partial charge in [0.1, 0.15) is 12.2 Å². The highest BCUT2D eigenvalue weighted by molar-refractivity contribution is 5.82. The lowest BCUT2D eigenvalue weighted by Gasteiger charge is -2.20. The van der Waals surface area contributed by atoms with Gasteiger partial charge >= 0.3 is 5.97 Å². The quantitative estimate of drug-likeness (QED) is 0.357. The van der Waals surface area contributed by atoms with E-state index in [9.17, 15) is 15.0 Å². The average molecular weight is 192 g/mol. The first-order valence-corrected chi connectivity index (χ1v) is 3.81. The number of esters is 1. The van der Waals surface area contributed by atoms with Gasteiger partial charge in [0.05, 0.1) is 6.61 Å². The van der Waals surface area contributed by atoms with Gasteiger partial charge < -0.3 is 25.2 Å². The summed E-state index contributed by atoms with van der Waals surface area (Å²) in [5, 5.41) is 36.3. The first-order valence-electron chi connectivity index (χ1n) is 3.81. The lowest BCUT2D eigenvalue weighted by molar-refractivity contribution is -0.156. The Kier molecular flexibility index (Phi) is 2.58. The Hall–Kier alpha value is -0.690. The summed E-state index contributed by atoms with van der Waals surface area (Å²) >= 11 is 0. The monoisotopic (exact) mass is 192 g/mol. The highest BCUT2D eigenvalue weighted by Gasteiger charge is 2.54. The number of carbonyl (C=O) groups is 1. The summed E-state index contributed by atoms with van der Waals surface area (Å²) in [7, 11) is 0. The molecule has 1 aliphatic heterocycles. The van der Waals surface area contributed by atoms with Crippen LogP contribution in [0.25, 0.3) is 0 Å². The van der Waals surface area contributed by atoms with Crippen LogP contribution in [0, 0.1) is 0 Å². The molecule has 6 heteroatoms. The highest BCUT2D eigenvalue weighted by atomic mass is 16.6. The summed E-state index contributed by atoms with van der Waals surface area (Å²) in [6.07, 6.45) is -4.18. The Morgan fingerprint density at radius 1 is 1.69 bits per heavy atom. The van der Waals surface area contributed by atoms with Crippen molar-refractivity contribution in [3.05, 3.63) is 0 Å². The van der Waals surface area contributed by atoms with Crippen LogP contribution < -0.4 is 0 Å². The molecule has 6 nitrogen and oxygen atoms in total. The van der Waals surface area contributed by atoms with Crippen molar-refractivity contribution in [2.75, 3.05) is 6.61 Å². The molecular weight excluding hydrogens is 180 g/mol. The van der Waals surface area contributed by atoms with Gasteiger partial charge in [-0.1, -0.05) is 0 Å². The molecule has 0 amide bonds. The predicted molar refractivity (Wildman–Crippen MR) is 39.6 cm³/mol. The van der Waals surface area contributed by atoms with E-state index in [1.807, 2.05) is 0 Å². The Labute approximate surface area is 74.4 Å². The van der Waals surface area contributed by atoms with Gasteiger partial charge in [0.2, 0.25) is 0 Å². The third kappa shape index (κ3) is 1.53. The third-order valence-electron chi connectivity index (χ3n) is 2.11. The van der Waals surface area contributed by atoms with Crippen LogP contribution in [0.2, 0.25) is 0 Å². The Morgan fingerprint density at radius 2 is 2.23 bits per heavy atom. The van der Waals surface area contributed by atoms with E-state index in [1.54, 1.807) is 0 Å². The Balaban J connectivity index is 2.79. The molecule has 1 heterocycles. The van der Waals surface area contributed by atoms with Crippen LogP contribution in [-0.2, 0) is 9.53 Å². The predicted octanol–water partition coefficient (Wildman–Crippen LogP) is -2.62. The second-order valence-electron chi connectivity index (χ2n) is 3.21. The molecule has 0 spiro atoms. The first-order chi connectivity index (χ1) is 5.91. The van der Waals surface area contributed by atoms with Crippen LogP contribution in [0.5, 0.6) is 0 Å².